The quantitative estimate of drug-likeness (QED) is 0.842. The molecule has 2 aliphatic rings. The van der Waals surface area contributed by atoms with E-state index in [0.29, 0.717) is 24.9 Å². The Kier molecular flexibility index (Phi) is 5.74. The number of hydrogen-bond donors (Lipinski definition) is 2. The smallest absolute Gasteiger partial charge is 0.355 e. The van der Waals surface area contributed by atoms with Crippen LogP contribution in [0.4, 0.5) is 13.2 Å². The van der Waals surface area contributed by atoms with E-state index in [9.17, 15) is 18.0 Å². The van der Waals surface area contributed by atoms with Crippen molar-refractivity contribution in [2.75, 3.05) is 19.6 Å². The lowest BCUT2D eigenvalue weighted by Gasteiger charge is -2.34. The van der Waals surface area contributed by atoms with Gasteiger partial charge in [-0.1, -0.05) is 25.1 Å². The number of carbonyl (C=O) groups excluding carboxylic acids is 1. The fraction of sp³-hybridized carbons (Fsp3) is 0.611. The number of piperidine rings is 1. The van der Waals surface area contributed by atoms with Crippen molar-refractivity contribution < 1.29 is 18.0 Å². The molecule has 1 aromatic rings. The molecule has 7 heteroatoms. The summed E-state index contributed by atoms with van der Waals surface area (Å²) in [6.45, 7) is 4.60. The maximum Gasteiger partial charge on any atom is 0.416 e. The van der Waals surface area contributed by atoms with Gasteiger partial charge in [-0.2, -0.15) is 13.2 Å². The number of hydrogen-bond acceptors (Lipinski definition) is 2. The van der Waals surface area contributed by atoms with Crippen LogP contribution in [0.25, 0.3) is 0 Å². The summed E-state index contributed by atoms with van der Waals surface area (Å²) < 4.78 is 38.7. The molecule has 25 heavy (non-hydrogen) atoms. The number of carbonyl (C=O) groups is 1. The molecule has 2 N–H and O–H groups in total. The van der Waals surface area contributed by atoms with Crippen molar-refractivity contribution in [3.05, 3.63) is 35.4 Å². The summed E-state index contributed by atoms with van der Waals surface area (Å²) in [5.74, 6) is -0.137. The van der Waals surface area contributed by atoms with E-state index < -0.39 is 17.2 Å². The van der Waals surface area contributed by atoms with Crippen LogP contribution in [0.3, 0.4) is 0 Å². The molecule has 1 aromatic carbocycles. The monoisotopic (exact) mass is 376 g/mol. The molecule has 3 nitrogen and oxygen atoms in total. The van der Waals surface area contributed by atoms with E-state index in [0.717, 1.165) is 38.1 Å². The van der Waals surface area contributed by atoms with Crippen LogP contribution in [-0.2, 0) is 16.4 Å². The van der Waals surface area contributed by atoms with Gasteiger partial charge in [0.1, 0.15) is 0 Å². The average Bonchev–Trinajstić information content (AvgIpc) is 3.35. The first-order valence-electron chi connectivity index (χ1n) is 8.42. The van der Waals surface area contributed by atoms with Gasteiger partial charge < -0.3 is 10.6 Å². The van der Waals surface area contributed by atoms with Gasteiger partial charge in [0, 0.05) is 6.54 Å². The lowest BCUT2D eigenvalue weighted by atomic mass is 9.80. The molecule has 0 bridgehead atoms. The second kappa shape index (κ2) is 7.16. The van der Waals surface area contributed by atoms with Crippen LogP contribution in [0.2, 0.25) is 0 Å². The van der Waals surface area contributed by atoms with E-state index in [-0.39, 0.29) is 23.7 Å². The predicted octanol–water partition coefficient (Wildman–Crippen LogP) is 3.66. The van der Waals surface area contributed by atoms with E-state index in [2.05, 4.69) is 17.6 Å². The van der Waals surface area contributed by atoms with Crippen molar-refractivity contribution in [2.45, 2.75) is 44.2 Å². The first kappa shape index (κ1) is 20.0. The number of nitrogens with one attached hydrogen (secondary N) is 2. The molecule has 140 valence electrons. The Balaban J connectivity index is 0.00000225. The molecule has 3 rings (SSSR count). The van der Waals surface area contributed by atoms with Crippen LogP contribution in [-0.4, -0.2) is 25.5 Å². The minimum atomic E-state index is -4.38. The number of rotatable bonds is 4. The van der Waals surface area contributed by atoms with Gasteiger partial charge in [0.15, 0.2) is 0 Å². The Morgan fingerprint density at radius 1 is 1.20 bits per heavy atom. The normalized spacial score (nSPS) is 21.1. The largest absolute Gasteiger partial charge is 0.416 e. The molecule has 1 amide bonds. The highest BCUT2D eigenvalue weighted by molar-refractivity contribution is 5.91. The third kappa shape index (κ3) is 4.29. The Morgan fingerprint density at radius 3 is 2.40 bits per heavy atom. The predicted molar refractivity (Wildman–Crippen MR) is 92.8 cm³/mol. The standard InChI is InChI=1S/C18H23F3N2O.ClH/c1-16(7-9-22-10-8-16)12-23-15(24)17(5-6-17)13-3-2-4-14(11-13)18(19,20)21;/h2-4,11,22H,5-10,12H2,1H3,(H,23,24);1H. The highest BCUT2D eigenvalue weighted by Crippen LogP contribution is 2.49. The fourth-order valence-electron chi connectivity index (χ4n) is 3.43. The van der Waals surface area contributed by atoms with Gasteiger partial charge >= 0.3 is 6.18 Å². The second-order valence-corrected chi connectivity index (χ2v) is 7.40. The van der Waals surface area contributed by atoms with Crippen LogP contribution in [0, 0.1) is 5.41 Å². The lowest BCUT2D eigenvalue weighted by molar-refractivity contribution is -0.137. The minimum absolute atomic E-state index is 0. The van der Waals surface area contributed by atoms with Crippen molar-refractivity contribution >= 4 is 18.3 Å². The molecule has 1 aliphatic heterocycles. The highest BCUT2D eigenvalue weighted by atomic mass is 35.5. The molecule has 1 aliphatic carbocycles. The van der Waals surface area contributed by atoms with Crippen LogP contribution in [0.1, 0.15) is 43.7 Å². The topological polar surface area (TPSA) is 41.1 Å². The molecule has 0 spiro atoms. The first-order chi connectivity index (χ1) is 11.3. The summed E-state index contributed by atoms with van der Waals surface area (Å²) in [6, 6.07) is 5.19. The van der Waals surface area contributed by atoms with Crippen molar-refractivity contribution in [3.63, 3.8) is 0 Å². The summed E-state index contributed by atoms with van der Waals surface area (Å²) in [4.78, 5) is 12.7. The van der Waals surface area contributed by atoms with E-state index in [4.69, 9.17) is 0 Å². The van der Waals surface area contributed by atoms with E-state index in [1.54, 1.807) is 6.07 Å². The van der Waals surface area contributed by atoms with E-state index in [1.807, 2.05) is 0 Å². The second-order valence-electron chi connectivity index (χ2n) is 7.40. The van der Waals surface area contributed by atoms with Gasteiger partial charge in [0.2, 0.25) is 5.91 Å². The molecule has 2 fully saturated rings. The van der Waals surface area contributed by atoms with Crippen molar-refractivity contribution in [2.24, 2.45) is 5.41 Å². The molecule has 1 saturated carbocycles. The van der Waals surface area contributed by atoms with Crippen LogP contribution >= 0.6 is 12.4 Å². The van der Waals surface area contributed by atoms with Gasteiger partial charge in [-0.05, 0) is 55.8 Å². The van der Waals surface area contributed by atoms with E-state index in [1.165, 1.54) is 6.07 Å². The number of benzene rings is 1. The molecular weight excluding hydrogens is 353 g/mol. The zero-order valence-corrected chi connectivity index (χ0v) is 15.0. The van der Waals surface area contributed by atoms with Crippen molar-refractivity contribution in [1.82, 2.24) is 10.6 Å². The number of halogens is 4. The van der Waals surface area contributed by atoms with Crippen LogP contribution < -0.4 is 10.6 Å². The number of amides is 1. The van der Waals surface area contributed by atoms with Crippen molar-refractivity contribution in [3.8, 4) is 0 Å². The maximum atomic E-state index is 12.9. The zero-order valence-electron chi connectivity index (χ0n) is 14.2. The maximum absolute atomic E-state index is 12.9. The fourth-order valence-corrected chi connectivity index (χ4v) is 3.43. The zero-order chi connectivity index (χ0) is 17.4. The summed E-state index contributed by atoms with van der Waals surface area (Å²) in [6.07, 6.45) is -1.18. The summed E-state index contributed by atoms with van der Waals surface area (Å²) in [5.41, 5.74) is -0.926. The SMILES string of the molecule is CC1(CNC(=O)C2(c3cccc(C(F)(F)F)c3)CC2)CCNCC1.Cl. The first-order valence-corrected chi connectivity index (χ1v) is 8.42. The molecule has 0 radical (unpaired) electrons. The molecule has 0 aromatic heterocycles. The van der Waals surface area contributed by atoms with Gasteiger partial charge in [0.25, 0.3) is 0 Å². The third-order valence-electron chi connectivity index (χ3n) is 5.41. The average molecular weight is 377 g/mol. The highest BCUT2D eigenvalue weighted by Gasteiger charge is 2.52. The van der Waals surface area contributed by atoms with Gasteiger partial charge in [0.05, 0.1) is 11.0 Å². The van der Waals surface area contributed by atoms with Crippen molar-refractivity contribution in [1.29, 1.82) is 0 Å². The Labute approximate surface area is 152 Å². The summed E-state index contributed by atoms with van der Waals surface area (Å²) >= 11 is 0. The Hall–Kier alpha value is -1.27. The third-order valence-corrected chi connectivity index (χ3v) is 5.41. The Morgan fingerprint density at radius 2 is 1.84 bits per heavy atom. The summed E-state index contributed by atoms with van der Waals surface area (Å²) in [5, 5.41) is 6.30. The molecule has 0 atom stereocenters. The molecule has 0 unspecified atom stereocenters. The Bertz CT molecular complexity index is 623. The van der Waals surface area contributed by atoms with Gasteiger partial charge in [-0.3, -0.25) is 4.79 Å². The molecule has 1 heterocycles. The van der Waals surface area contributed by atoms with Gasteiger partial charge in [-0.15, -0.1) is 12.4 Å². The number of alkyl halides is 3. The van der Waals surface area contributed by atoms with E-state index >= 15 is 0 Å². The van der Waals surface area contributed by atoms with Gasteiger partial charge in [-0.25, -0.2) is 0 Å². The van der Waals surface area contributed by atoms with Crippen LogP contribution in [0.5, 0.6) is 0 Å². The molecule has 1 saturated heterocycles. The van der Waals surface area contributed by atoms with Crippen LogP contribution in [0.15, 0.2) is 24.3 Å². The minimum Gasteiger partial charge on any atom is -0.355 e. The molecular formula is C18H24ClF3N2O. The lowest BCUT2D eigenvalue weighted by Crippen LogP contribution is -2.45. The summed E-state index contributed by atoms with van der Waals surface area (Å²) in [7, 11) is 0.